The maximum atomic E-state index is 11.6. The van der Waals surface area contributed by atoms with Crippen LogP contribution in [0.25, 0.3) is 0 Å². The zero-order chi connectivity index (χ0) is 10.1. The molecule has 0 aliphatic carbocycles. The van der Waals surface area contributed by atoms with E-state index in [9.17, 15) is 4.79 Å². The third-order valence-electron chi connectivity index (χ3n) is 3.01. The first-order chi connectivity index (χ1) is 6.66. The van der Waals surface area contributed by atoms with Crippen molar-refractivity contribution in [3.63, 3.8) is 0 Å². The number of rotatable bonds is 3. The number of ether oxygens (including phenoxy) is 1. The molecule has 4 nitrogen and oxygen atoms in total. The first-order valence-corrected chi connectivity index (χ1v) is 5.28. The Hall–Kier alpha value is -0.610. The number of aliphatic hydroxyl groups is 1. The van der Waals surface area contributed by atoms with Crippen molar-refractivity contribution in [2.75, 3.05) is 6.54 Å². The summed E-state index contributed by atoms with van der Waals surface area (Å²) in [4.78, 5) is 11.6. The van der Waals surface area contributed by atoms with E-state index in [-0.39, 0.29) is 17.9 Å². The molecule has 3 unspecified atom stereocenters. The molecule has 2 rings (SSSR count). The maximum Gasteiger partial charge on any atom is 0.225 e. The topological polar surface area (TPSA) is 58.6 Å². The van der Waals surface area contributed by atoms with Gasteiger partial charge in [0.2, 0.25) is 5.91 Å². The molecule has 2 fully saturated rings. The Labute approximate surface area is 83.6 Å². The quantitative estimate of drug-likeness (QED) is 0.675. The van der Waals surface area contributed by atoms with Crippen molar-refractivity contribution in [2.24, 2.45) is 5.92 Å². The largest absolute Gasteiger partial charge is 0.392 e. The van der Waals surface area contributed by atoms with Crippen LogP contribution in [-0.2, 0) is 9.53 Å². The van der Waals surface area contributed by atoms with Gasteiger partial charge in [0.1, 0.15) is 0 Å². The molecule has 0 aromatic rings. The van der Waals surface area contributed by atoms with Gasteiger partial charge in [0.15, 0.2) is 0 Å². The number of fused-ring (bicyclic) bond motifs is 2. The SMILES string of the molecule is C[C@H](O)CNC(=O)C1CC2CCC1O2. The number of carbonyl (C=O) groups excluding carboxylic acids is 1. The van der Waals surface area contributed by atoms with E-state index in [0.717, 1.165) is 19.3 Å². The van der Waals surface area contributed by atoms with Crippen LogP contribution in [0.5, 0.6) is 0 Å². The summed E-state index contributed by atoms with van der Waals surface area (Å²) in [7, 11) is 0. The van der Waals surface area contributed by atoms with Crippen LogP contribution in [0.3, 0.4) is 0 Å². The van der Waals surface area contributed by atoms with Crippen molar-refractivity contribution in [1.29, 1.82) is 0 Å². The van der Waals surface area contributed by atoms with Crippen molar-refractivity contribution >= 4 is 5.91 Å². The van der Waals surface area contributed by atoms with E-state index < -0.39 is 6.10 Å². The molecular formula is C10H17NO3. The lowest BCUT2D eigenvalue weighted by Gasteiger charge is -2.18. The predicted molar refractivity (Wildman–Crippen MR) is 50.7 cm³/mol. The van der Waals surface area contributed by atoms with Gasteiger partial charge in [-0.1, -0.05) is 0 Å². The average Bonchev–Trinajstić information content (AvgIpc) is 2.74. The van der Waals surface area contributed by atoms with Crippen LogP contribution in [-0.4, -0.2) is 35.9 Å². The number of hydrogen-bond donors (Lipinski definition) is 2. The third kappa shape index (κ3) is 1.91. The molecule has 2 saturated heterocycles. The van der Waals surface area contributed by atoms with Crippen LogP contribution in [0, 0.1) is 5.92 Å². The number of nitrogens with one attached hydrogen (secondary N) is 1. The van der Waals surface area contributed by atoms with Crippen molar-refractivity contribution in [3.8, 4) is 0 Å². The van der Waals surface area contributed by atoms with Gasteiger partial charge in [0, 0.05) is 6.54 Å². The van der Waals surface area contributed by atoms with Gasteiger partial charge < -0.3 is 15.2 Å². The highest BCUT2D eigenvalue weighted by atomic mass is 16.5. The lowest BCUT2D eigenvalue weighted by atomic mass is 9.88. The fraction of sp³-hybridized carbons (Fsp3) is 0.900. The molecule has 2 heterocycles. The highest BCUT2D eigenvalue weighted by Gasteiger charge is 2.44. The van der Waals surface area contributed by atoms with Crippen molar-refractivity contribution < 1.29 is 14.6 Å². The first kappa shape index (κ1) is 9.93. The van der Waals surface area contributed by atoms with E-state index >= 15 is 0 Å². The standard InChI is InChI=1S/C10H17NO3/c1-6(12)5-11-10(13)8-4-7-2-3-9(8)14-7/h6-9,12H,2-5H2,1H3,(H,11,13)/t6-,7?,8?,9?/m0/s1. The second-order valence-electron chi connectivity index (χ2n) is 4.31. The van der Waals surface area contributed by atoms with Gasteiger partial charge in [0.25, 0.3) is 0 Å². The minimum atomic E-state index is -0.474. The van der Waals surface area contributed by atoms with E-state index in [1.54, 1.807) is 6.92 Å². The summed E-state index contributed by atoms with van der Waals surface area (Å²) in [5, 5.41) is 11.8. The van der Waals surface area contributed by atoms with Crippen molar-refractivity contribution in [1.82, 2.24) is 5.32 Å². The molecule has 80 valence electrons. The smallest absolute Gasteiger partial charge is 0.225 e. The van der Waals surface area contributed by atoms with E-state index in [0.29, 0.717) is 12.6 Å². The summed E-state index contributed by atoms with van der Waals surface area (Å²) in [5.41, 5.74) is 0. The first-order valence-electron chi connectivity index (χ1n) is 5.28. The zero-order valence-corrected chi connectivity index (χ0v) is 8.40. The fourth-order valence-electron chi connectivity index (χ4n) is 2.29. The molecule has 0 saturated carbocycles. The highest BCUT2D eigenvalue weighted by Crippen LogP contribution is 2.38. The Bertz CT molecular complexity index is 229. The summed E-state index contributed by atoms with van der Waals surface area (Å²) in [6.07, 6.45) is 2.94. The van der Waals surface area contributed by atoms with E-state index in [2.05, 4.69) is 5.32 Å². The van der Waals surface area contributed by atoms with Gasteiger partial charge in [-0.2, -0.15) is 0 Å². The second kappa shape index (κ2) is 3.87. The highest BCUT2D eigenvalue weighted by molar-refractivity contribution is 5.79. The fourth-order valence-corrected chi connectivity index (χ4v) is 2.29. The molecule has 0 radical (unpaired) electrons. The maximum absolute atomic E-state index is 11.6. The third-order valence-corrected chi connectivity index (χ3v) is 3.01. The van der Waals surface area contributed by atoms with Crippen molar-refractivity contribution in [2.45, 2.75) is 44.5 Å². The van der Waals surface area contributed by atoms with Crippen LogP contribution in [0.15, 0.2) is 0 Å². The summed E-state index contributed by atoms with van der Waals surface area (Å²) < 4.78 is 5.59. The number of hydrogen-bond acceptors (Lipinski definition) is 3. The van der Waals surface area contributed by atoms with Gasteiger partial charge in [-0.05, 0) is 26.2 Å². The molecule has 2 aliphatic heterocycles. The lowest BCUT2D eigenvalue weighted by Crippen LogP contribution is -2.39. The van der Waals surface area contributed by atoms with Crippen LogP contribution >= 0.6 is 0 Å². The van der Waals surface area contributed by atoms with Crippen LogP contribution in [0.1, 0.15) is 26.2 Å². The van der Waals surface area contributed by atoms with Crippen LogP contribution in [0.2, 0.25) is 0 Å². The van der Waals surface area contributed by atoms with Gasteiger partial charge in [-0.3, -0.25) is 4.79 Å². The molecule has 2 bridgehead atoms. The second-order valence-corrected chi connectivity index (χ2v) is 4.31. The minimum Gasteiger partial charge on any atom is -0.392 e. The van der Waals surface area contributed by atoms with Gasteiger partial charge >= 0.3 is 0 Å². The van der Waals surface area contributed by atoms with Crippen LogP contribution in [0.4, 0.5) is 0 Å². The number of carbonyl (C=O) groups is 1. The molecule has 0 aromatic heterocycles. The van der Waals surface area contributed by atoms with E-state index in [1.165, 1.54) is 0 Å². The summed E-state index contributed by atoms with van der Waals surface area (Å²) in [6, 6.07) is 0. The monoisotopic (exact) mass is 199 g/mol. The Kier molecular flexibility index (Phi) is 2.74. The lowest BCUT2D eigenvalue weighted by molar-refractivity contribution is -0.126. The van der Waals surface area contributed by atoms with Gasteiger partial charge in [0.05, 0.1) is 24.2 Å². The molecule has 2 N–H and O–H groups in total. The van der Waals surface area contributed by atoms with E-state index in [1.807, 2.05) is 0 Å². The average molecular weight is 199 g/mol. The Morgan fingerprint density at radius 2 is 2.43 bits per heavy atom. The zero-order valence-electron chi connectivity index (χ0n) is 8.40. The van der Waals surface area contributed by atoms with Gasteiger partial charge in [-0.25, -0.2) is 0 Å². The summed E-state index contributed by atoms with van der Waals surface area (Å²) >= 11 is 0. The molecule has 14 heavy (non-hydrogen) atoms. The number of aliphatic hydroxyl groups excluding tert-OH is 1. The molecule has 2 aliphatic rings. The molecule has 0 spiro atoms. The normalized spacial score (nSPS) is 37.1. The summed E-state index contributed by atoms with van der Waals surface area (Å²) in [6.45, 7) is 2.00. The molecule has 1 amide bonds. The minimum absolute atomic E-state index is 0.0208. The van der Waals surface area contributed by atoms with E-state index in [4.69, 9.17) is 9.84 Å². The van der Waals surface area contributed by atoms with Gasteiger partial charge in [-0.15, -0.1) is 0 Å². The molecule has 4 atom stereocenters. The Morgan fingerprint density at radius 3 is 2.93 bits per heavy atom. The molecular weight excluding hydrogens is 182 g/mol. The molecule has 4 heteroatoms. The Morgan fingerprint density at radius 1 is 1.64 bits per heavy atom. The predicted octanol–water partition coefficient (Wildman–Crippen LogP) is 0.0509. The molecule has 0 aromatic carbocycles. The summed E-state index contributed by atoms with van der Waals surface area (Å²) in [5.74, 6) is 0.0607. The van der Waals surface area contributed by atoms with Crippen molar-refractivity contribution in [3.05, 3.63) is 0 Å². The number of amides is 1. The van der Waals surface area contributed by atoms with Crippen LogP contribution < -0.4 is 5.32 Å². The Balaban J connectivity index is 1.81.